The fraction of sp³-hybridized carbons (Fsp3) is 0.103. The minimum atomic E-state index is 1.16. The molecule has 2 heteroatoms. The van der Waals surface area contributed by atoms with Crippen molar-refractivity contribution < 1.29 is 0 Å². The third kappa shape index (κ3) is 7.46. The first-order chi connectivity index (χ1) is 38.9. The molecule has 0 saturated carbocycles. The van der Waals surface area contributed by atoms with Gasteiger partial charge in [-0.15, -0.1) is 0 Å². The molecule has 0 atom stereocenters. The molecule has 0 amide bonds. The lowest BCUT2D eigenvalue weighted by Crippen LogP contribution is -2.11. The summed E-state index contributed by atoms with van der Waals surface area (Å²) in [5.41, 5.74) is 21.9. The number of fused-ring (bicyclic) bond motifs is 8. The molecule has 0 saturated heterocycles. The zero-order valence-corrected chi connectivity index (χ0v) is 46.7. The van der Waals surface area contributed by atoms with Crippen molar-refractivity contribution in [3.8, 4) is 22.3 Å². The van der Waals surface area contributed by atoms with Crippen LogP contribution < -0.4 is 9.80 Å². The highest BCUT2D eigenvalue weighted by atomic mass is 15.1. The Morgan fingerprint density at radius 3 is 0.825 bits per heavy atom. The van der Waals surface area contributed by atoms with Gasteiger partial charge in [-0.05, 0) is 270 Å². The standard InChI is InChI=1S/C78H60N2/c1-45-31-46(2)36-59(35-45)79(60-37-47(3)32-48(4)38-60)69-29-27-67-73-63(69)19-13-21-65(73)75-71(57-25-23-53-15-9-11-17-55(53)43-57)78-68-28-30-70(80(61-39-49(5)33-50(6)40-61)62-41-51(7)34-52(8)42-62)64-20-14-22-66(74(64)68)76(78)72(77(67)75)58-26-24-54-16-10-12-18-56(54)44-58/h9-44H,1-8H3. The van der Waals surface area contributed by atoms with Gasteiger partial charge in [-0.3, -0.25) is 0 Å². The molecule has 0 fully saturated rings. The number of nitrogens with zero attached hydrogens (tertiary/aromatic N) is 2. The maximum atomic E-state index is 2.51. The second-order valence-corrected chi connectivity index (χ2v) is 23.1. The van der Waals surface area contributed by atoms with Crippen LogP contribution in [0.15, 0.2) is 218 Å². The van der Waals surface area contributed by atoms with Gasteiger partial charge < -0.3 is 9.80 Å². The van der Waals surface area contributed by atoms with Crippen molar-refractivity contribution in [1.82, 2.24) is 0 Å². The molecule has 0 aliphatic carbocycles. The van der Waals surface area contributed by atoms with Crippen molar-refractivity contribution >= 4 is 120 Å². The second kappa shape index (κ2) is 18.0. The van der Waals surface area contributed by atoms with Gasteiger partial charge in [0.25, 0.3) is 0 Å². The lowest BCUT2D eigenvalue weighted by molar-refractivity contribution is 1.24. The van der Waals surface area contributed by atoms with Gasteiger partial charge >= 0.3 is 0 Å². The number of hydrogen-bond donors (Lipinski definition) is 0. The van der Waals surface area contributed by atoms with Gasteiger partial charge in [0.2, 0.25) is 0 Å². The van der Waals surface area contributed by atoms with Gasteiger partial charge in [-0.2, -0.15) is 0 Å². The summed E-state index contributed by atoms with van der Waals surface area (Å²) in [7, 11) is 0. The smallest absolute Gasteiger partial charge is 0.0540 e. The van der Waals surface area contributed by atoms with E-state index in [-0.39, 0.29) is 0 Å². The van der Waals surface area contributed by atoms with Gasteiger partial charge in [0.05, 0.1) is 11.4 Å². The van der Waals surface area contributed by atoms with Gasteiger partial charge in [-0.1, -0.05) is 146 Å². The monoisotopic (exact) mass is 1020 g/mol. The Balaban J connectivity index is 1.14. The van der Waals surface area contributed by atoms with Gasteiger partial charge in [0, 0.05) is 33.5 Å². The highest BCUT2D eigenvalue weighted by molar-refractivity contribution is 6.47. The highest BCUT2D eigenvalue weighted by Gasteiger charge is 2.30. The summed E-state index contributed by atoms with van der Waals surface area (Å²) < 4.78 is 0. The number of anilines is 6. The Labute approximate surface area is 468 Å². The lowest BCUT2D eigenvalue weighted by atomic mass is 9.86. The van der Waals surface area contributed by atoms with Crippen LogP contribution in [0, 0.1) is 55.4 Å². The Morgan fingerprint density at radius 1 is 0.212 bits per heavy atom. The van der Waals surface area contributed by atoms with Gasteiger partial charge in [0.1, 0.15) is 0 Å². The maximum absolute atomic E-state index is 2.51. The van der Waals surface area contributed by atoms with Crippen LogP contribution in [0.4, 0.5) is 34.1 Å². The molecule has 15 aromatic carbocycles. The van der Waals surface area contributed by atoms with E-state index in [1.54, 1.807) is 0 Å². The molecular formula is C78H60N2. The van der Waals surface area contributed by atoms with Crippen LogP contribution in [-0.2, 0) is 0 Å². The molecule has 0 aliphatic heterocycles. The minimum absolute atomic E-state index is 1.16. The van der Waals surface area contributed by atoms with Crippen LogP contribution in [-0.4, -0.2) is 0 Å². The predicted molar refractivity (Wildman–Crippen MR) is 347 cm³/mol. The Morgan fingerprint density at radius 2 is 0.500 bits per heavy atom. The van der Waals surface area contributed by atoms with E-state index >= 15 is 0 Å². The number of rotatable bonds is 8. The summed E-state index contributed by atoms with van der Waals surface area (Å²) in [4.78, 5) is 5.02. The molecule has 0 bridgehead atoms. The van der Waals surface area contributed by atoms with Gasteiger partial charge in [0.15, 0.2) is 0 Å². The van der Waals surface area contributed by atoms with E-state index in [0.29, 0.717) is 0 Å². The number of aryl methyl sites for hydroxylation is 8. The van der Waals surface area contributed by atoms with Crippen LogP contribution in [0.25, 0.3) is 108 Å². The molecule has 0 unspecified atom stereocenters. The Kier molecular flexibility index (Phi) is 10.7. The van der Waals surface area contributed by atoms with Crippen LogP contribution in [0.3, 0.4) is 0 Å². The highest BCUT2D eigenvalue weighted by Crippen LogP contribution is 2.58. The third-order valence-electron chi connectivity index (χ3n) is 17.0. The molecule has 0 heterocycles. The molecule has 0 aliphatic rings. The van der Waals surface area contributed by atoms with Crippen molar-refractivity contribution in [3.05, 3.63) is 263 Å². The van der Waals surface area contributed by atoms with Gasteiger partial charge in [-0.25, -0.2) is 0 Å². The van der Waals surface area contributed by atoms with E-state index in [1.807, 2.05) is 0 Å². The summed E-state index contributed by atoms with van der Waals surface area (Å²) in [6.45, 7) is 17.7. The zero-order valence-electron chi connectivity index (χ0n) is 46.7. The van der Waals surface area contributed by atoms with Crippen molar-refractivity contribution in [2.45, 2.75) is 55.4 Å². The summed E-state index contributed by atoms with van der Waals surface area (Å²) in [6, 6.07) is 83.8. The zero-order chi connectivity index (χ0) is 54.2. The Bertz CT molecular complexity index is 4500. The van der Waals surface area contributed by atoms with E-state index in [2.05, 4.69) is 284 Å². The summed E-state index contributed by atoms with van der Waals surface area (Å²) in [5, 5.41) is 20.2. The predicted octanol–water partition coefficient (Wildman–Crippen LogP) is 22.5. The van der Waals surface area contributed by atoms with Crippen LogP contribution in [0.1, 0.15) is 44.5 Å². The molecule has 0 aromatic heterocycles. The molecular weight excluding hydrogens is 965 g/mol. The fourth-order valence-corrected chi connectivity index (χ4v) is 14.3. The second-order valence-electron chi connectivity index (χ2n) is 23.1. The molecule has 15 aromatic rings. The van der Waals surface area contributed by atoms with E-state index in [1.165, 1.54) is 164 Å². The first kappa shape index (κ1) is 47.7. The maximum Gasteiger partial charge on any atom is 0.0540 e. The van der Waals surface area contributed by atoms with Crippen molar-refractivity contribution in [1.29, 1.82) is 0 Å². The summed E-state index contributed by atoms with van der Waals surface area (Å²) in [6.07, 6.45) is 0. The molecule has 0 N–H and O–H groups in total. The van der Waals surface area contributed by atoms with E-state index < -0.39 is 0 Å². The number of hydrogen-bond acceptors (Lipinski definition) is 2. The van der Waals surface area contributed by atoms with Crippen molar-refractivity contribution in [2.75, 3.05) is 9.80 Å². The quantitative estimate of drug-likeness (QED) is 0.150. The minimum Gasteiger partial charge on any atom is -0.310 e. The molecule has 0 spiro atoms. The SMILES string of the molecule is Cc1cc(C)cc(N(c2cc(C)cc(C)c2)c2ccc3c4c(-c5ccc6ccccc6c5)c5c6cccc7c(N(c8cc(C)cc(C)c8)c8cc(C)cc(C)c8)ccc(c5c(-c5ccc8ccccc8c5)c4c4cccc2c43)c76)c1. The first-order valence-electron chi connectivity index (χ1n) is 28.2. The normalized spacial score (nSPS) is 12.0. The van der Waals surface area contributed by atoms with Crippen LogP contribution in [0.5, 0.6) is 0 Å². The Hall–Kier alpha value is -9.50. The van der Waals surface area contributed by atoms with Crippen LogP contribution in [0.2, 0.25) is 0 Å². The fourth-order valence-electron chi connectivity index (χ4n) is 14.3. The average Bonchev–Trinajstić information content (AvgIpc) is 3.95. The molecule has 2 nitrogen and oxygen atoms in total. The first-order valence-corrected chi connectivity index (χ1v) is 28.2. The largest absolute Gasteiger partial charge is 0.310 e. The molecule has 382 valence electrons. The molecule has 15 rings (SSSR count). The summed E-state index contributed by atoms with van der Waals surface area (Å²) in [5.74, 6) is 0. The number of benzene rings is 13. The van der Waals surface area contributed by atoms with E-state index in [4.69, 9.17) is 0 Å². The van der Waals surface area contributed by atoms with Crippen molar-refractivity contribution in [2.24, 2.45) is 0 Å². The topological polar surface area (TPSA) is 6.48 Å². The third-order valence-corrected chi connectivity index (χ3v) is 17.0. The molecule has 0 radical (unpaired) electrons. The summed E-state index contributed by atoms with van der Waals surface area (Å²) >= 11 is 0. The van der Waals surface area contributed by atoms with Crippen LogP contribution >= 0.6 is 0 Å². The average molecular weight is 1030 g/mol. The lowest BCUT2D eigenvalue weighted by Gasteiger charge is -2.28. The molecule has 80 heavy (non-hydrogen) atoms. The van der Waals surface area contributed by atoms with Crippen molar-refractivity contribution in [3.63, 3.8) is 0 Å². The van der Waals surface area contributed by atoms with E-state index in [0.717, 1.165) is 22.7 Å². The van der Waals surface area contributed by atoms with E-state index in [9.17, 15) is 0 Å².